The van der Waals surface area contributed by atoms with Crippen molar-refractivity contribution in [3.8, 4) is 5.75 Å². The monoisotopic (exact) mass is 254 g/mol. The molecule has 0 bridgehead atoms. The van der Waals surface area contributed by atoms with Gasteiger partial charge in [-0.05, 0) is 30.0 Å². The Bertz CT molecular complexity index is 410. The second kappa shape index (κ2) is 5.85. The highest BCUT2D eigenvalue weighted by atomic mass is 19.1. The first kappa shape index (κ1) is 14.5. The van der Waals surface area contributed by atoms with Gasteiger partial charge >= 0.3 is 12.3 Å². The normalized spacial score (nSPS) is 12.9. The summed E-state index contributed by atoms with van der Waals surface area (Å²) in [6.45, 7) is 7.88. The number of ether oxygens (including phenoxy) is 2. The molecular formula is C14H19FO3. The fourth-order valence-corrected chi connectivity index (χ4v) is 1.41. The van der Waals surface area contributed by atoms with Gasteiger partial charge in [-0.15, -0.1) is 0 Å². The topological polar surface area (TPSA) is 35.5 Å². The largest absolute Gasteiger partial charge is 0.461 e. The summed E-state index contributed by atoms with van der Waals surface area (Å²) in [5, 5.41) is 0. The van der Waals surface area contributed by atoms with Crippen molar-refractivity contribution in [2.75, 3.05) is 6.61 Å². The molecule has 0 saturated carbocycles. The molecule has 4 heteroatoms. The minimum atomic E-state index is -2.08. The molecule has 0 fully saturated rings. The molecule has 1 rings (SSSR count). The van der Waals surface area contributed by atoms with Gasteiger partial charge in [0.15, 0.2) is 0 Å². The van der Waals surface area contributed by atoms with E-state index in [0.717, 1.165) is 5.56 Å². The van der Waals surface area contributed by atoms with E-state index in [-0.39, 0.29) is 12.0 Å². The van der Waals surface area contributed by atoms with Crippen LogP contribution in [0.25, 0.3) is 0 Å². The number of carbonyl (C=O) groups excluding carboxylic acids is 1. The quantitative estimate of drug-likeness (QED) is 0.774. The molecule has 1 aromatic rings. The van der Waals surface area contributed by atoms with E-state index in [2.05, 4.69) is 4.74 Å². The molecule has 0 aliphatic carbocycles. The van der Waals surface area contributed by atoms with Crippen LogP contribution in [0, 0.1) is 0 Å². The Labute approximate surface area is 107 Å². The molecule has 0 amide bonds. The van der Waals surface area contributed by atoms with Gasteiger partial charge in [-0.1, -0.05) is 32.9 Å². The SMILES string of the molecule is CCOC(=O)C(F)Oc1cccc(C(C)(C)C)c1. The van der Waals surface area contributed by atoms with Gasteiger partial charge in [-0.25, -0.2) is 4.79 Å². The molecule has 1 unspecified atom stereocenters. The van der Waals surface area contributed by atoms with Crippen LogP contribution in [0.15, 0.2) is 24.3 Å². The molecule has 0 saturated heterocycles. The van der Waals surface area contributed by atoms with E-state index in [1.165, 1.54) is 0 Å². The fourth-order valence-electron chi connectivity index (χ4n) is 1.41. The van der Waals surface area contributed by atoms with E-state index >= 15 is 0 Å². The molecule has 100 valence electrons. The van der Waals surface area contributed by atoms with Crippen molar-refractivity contribution >= 4 is 5.97 Å². The third kappa shape index (κ3) is 4.02. The van der Waals surface area contributed by atoms with Crippen molar-refractivity contribution in [3.63, 3.8) is 0 Å². The number of rotatable bonds is 4. The van der Waals surface area contributed by atoms with Crippen molar-refractivity contribution in [3.05, 3.63) is 29.8 Å². The summed E-state index contributed by atoms with van der Waals surface area (Å²) < 4.78 is 22.9. The lowest BCUT2D eigenvalue weighted by molar-refractivity contribution is -0.159. The van der Waals surface area contributed by atoms with E-state index in [0.29, 0.717) is 5.75 Å². The molecule has 0 aliphatic heterocycles. The molecular weight excluding hydrogens is 235 g/mol. The van der Waals surface area contributed by atoms with Crippen LogP contribution in [-0.2, 0) is 14.9 Å². The van der Waals surface area contributed by atoms with Crippen LogP contribution in [-0.4, -0.2) is 18.9 Å². The molecule has 1 atom stereocenters. The van der Waals surface area contributed by atoms with Crippen LogP contribution in [0.3, 0.4) is 0 Å². The second-order valence-corrected chi connectivity index (χ2v) is 4.96. The van der Waals surface area contributed by atoms with E-state index < -0.39 is 12.3 Å². The third-order valence-corrected chi connectivity index (χ3v) is 2.41. The molecule has 0 N–H and O–H groups in total. The predicted molar refractivity (Wildman–Crippen MR) is 67.3 cm³/mol. The van der Waals surface area contributed by atoms with Crippen molar-refractivity contribution in [1.29, 1.82) is 0 Å². The second-order valence-electron chi connectivity index (χ2n) is 4.96. The Balaban J connectivity index is 2.76. The Morgan fingerprint density at radius 3 is 2.61 bits per heavy atom. The van der Waals surface area contributed by atoms with Gasteiger partial charge in [0.05, 0.1) is 6.61 Å². The molecule has 0 heterocycles. The van der Waals surface area contributed by atoms with Crippen LogP contribution in [0.1, 0.15) is 33.3 Å². The van der Waals surface area contributed by atoms with Crippen LogP contribution in [0.2, 0.25) is 0 Å². The average Bonchev–Trinajstić information content (AvgIpc) is 2.28. The fraction of sp³-hybridized carbons (Fsp3) is 0.500. The number of benzene rings is 1. The summed E-state index contributed by atoms with van der Waals surface area (Å²) in [6, 6.07) is 7.05. The zero-order valence-corrected chi connectivity index (χ0v) is 11.2. The van der Waals surface area contributed by atoms with Gasteiger partial charge < -0.3 is 9.47 Å². The van der Waals surface area contributed by atoms with Gasteiger partial charge in [-0.3, -0.25) is 0 Å². The standard InChI is InChI=1S/C14H19FO3/c1-5-17-13(16)12(15)18-11-8-6-7-10(9-11)14(2,3)4/h6-9,12H,5H2,1-4H3. The summed E-state index contributed by atoms with van der Waals surface area (Å²) >= 11 is 0. The van der Waals surface area contributed by atoms with Crippen molar-refractivity contribution < 1.29 is 18.7 Å². The zero-order chi connectivity index (χ0) is 13.8. The highest BCUT2D eigenvalue weighted by Gasteiger charge is 2.21. The van der Waals surface area contributed by atoms with Gasteiger partial charge in [0.1, 0.15) is 5.75 Å². The summed E-state index contributed by atoms with van der Waals surface area (Å²) in [5.74, 6) is -0.679. The lowest BCUT2D eigenvalue weighted by Gasteiger charge is -2.20. The first-order valence-electron chi connectivity index (χ1n) is 5.92. The van der Waals surface area contributed by atoms with E-state index in [1.807, 2.05) is 26.8 Å². The van der Waals surface area contributed by atoms with Crippen molar-refractivity contribution in [1.82, 2.24) is 0 Å². The van der Waals surface area contributed by atoms with Gasteiger partial charge in [0, 0.05) is 0 Å². The van der Waals surface area contributed by atoms with E-state index in [4.69, 9.17) is 4.74 Å². The number of hydrogen-bond donors (Lipinski definition) is 0. The van der Waals surface area contributed by atoms with Crippen LogP contribution >= 0.6 is 0 Å². The minimum absolute atomic E-state index is 0.0604. The van der Waals surface area contributed by atoms with Crippen LogP contribution < -0.4 is 4.74 Å². The smallest absolute Gasteiger partial charge is 0.381 e. The van der Waals surface area contributed by atoms with Crippen molar-refractivity contribution in [2.45, 2.75) is 39.5 Å². The minimum Gasteiger partial charge on any atom is -0.461 e. The van der Waals surface area contributed by atoms with E-state index in [1.54, 1.807) is 25.1 Å². The van der Waals surface area contributed by atoms with Crippen molar-refractivity contribution in [2.24, 2.45) is 0 Å². The number of hydrogen-bond acceptors (Lipinski definition) is 3. The third-order valence-electron chi connectivity index (χ3n) is 2.41. The lowest BCUT2D eigenvalue weighted by Crippen LogP contribution is -2.25. The van der Waals surface area contributed by atoms with E-state index in [9.17, 15) is 9.18 Å². The highest BCUT2D eigenvalue weighted by molar-refractivity contribution is 5.73. The molecule has 3 nitrogen and oxygen atoms in total. The number of carbonyl (C=O) groups is 1. The molecule has 0 radical (unpaired) electrons. The predicted octanol–water partition coefficient (Wildman–Crippen LogP) is 3.22. The number of alkyl halides is 1. The Morgan fingerprint density at radius 2 is 2.06 bits per heavy atom. The first-order chi connectivity index (χ1) is 8.34. The van der Waals surface area contributed by atoms with Crippen LogP contribution in [0.4, 0.5) is 4.39 Å². The average molecular weight is 254 g/mol. The summed E-state index contributed by atoms with van der Waals surface area (Å²) in [7, 11) is 0. The highest BCUT2D eigenvalue weighted by Crippen LogP contribution is 2.26. The molecule has 1 aromatic carbocycles. The van der Waals surface area contributed by atoms with Gasteiger partial charge in [0.25, 0.3) is 0 Å². The summed E-state index contributed by atoms with van der Waals surface area (Å²) in [6.07, 6.45) is -2.08. The summed E-state index contributed by atoms with van der Waals surface area (Å²) in [4.78, 5) is 11.1. The maximum atomic E-state index is 13.4. The number of esters is 1. The lowest BCUT2D eigenvalue weighted by atomic mass is 9.87. The molecule has 18 heavy (non-hydrogen) atoms. The maximum absolute atomic E-state index is 13.4. The first-order valence-corrected chi connectivity index (χ1v) is 5.92. The van der Waals surface area contributed by atoms with Gasteiger partial charge in [0.2, 0.25) is 0 Å². The zero-order valence-electron chi connectivity index (χ0n) is 11.2. The molecule has 0 spiro atoms. The van der Waals surface area contributed by atoms with Crippen LogP contribution in [0.5, 0.6) is 5.75 Å². The molecule has 0 aromatic heterocycles. The molecule has 0 aliphatic rings. The maximum Gasteiger partial charge on any atom is 0.381 e. The summed E-state index contributed by atoms with van der Waals surface area (Å²) in [5.41, 5.74) is 0.950. The number of halogens is 1. The Hall–Kier alpha value is -1.58. The Kier molecular flexibility index (Phi) is 4.70. The van der Waals surface area contributed by atoms with Gasteiger partial charge in [-0.2, -0.15) is 4.39 Å². The Morgan fingerprint density at radius 1 is 1.39 bits per heavy atom.